The van der Waals surface area contributed by atoms with Gasteiger partial charge in [0, 0.05) is 0 Å². The first kappa shape index (κ1) is 8.79. The van der Waals surface area contributed by atoms with Gasteiger partial charge >= 0.3 is 0 Å². The normalized spacial score (nSPS) is 12.6. The van der Waals surface area contributed by atoms with Gasteiger partial charge in [0.05, 0.1) is 0 Å². The maximum Gasteiger partial charge on any atom is 0.197 e. The van der Waals surface area contributed by atoms with Crippen molar-refractivity contribution < 1.29 is 0 Å². The summed E-state index contributed by atoms with van der Waals surface area (Å²) in [5.41, 5.74) is 3.63. The van der Waals surface area contributed by atoms with Crippen LogP contribution in [-0.2, 0) is 0 Å². The zero-order chi connectivity index (χ0) is 9.80. The molecule has 0 saturated heterocycles. The fourth-order valence-electron chi connectivity index (χ4n) is 1.26. The maximum atomic E-state index is 5.42. The summed E-state index contributed by atoms with van der Waals surface area (Å²) in [7, 11) is 0. The smallest absolute Gasteiger partial charge is 0.197 e. The van der Waals surface area contributed by atoms with Crippen molar-refractivity contribution >= 4 is 0 Å². The maximum absolute atomic E-state index is 5.42. The predicted octanol–water partition coefficient (Wildman–Crippen LogP) is -0.248. The van der Waals surface area contributed by atoms with Crippen LogP contribution >= 0.6 is 0 Å². The van der Waals surface area contributed by atoms with Crippen molar-refractivity contribution in [1.82, 2.24) is 26.0 Å². The van der Waals surface area contributed by atoms with Crippen molar-refractivity contribution in [2.45, 2.75) is 6.04 Å². The number of nitrogens with zero attached hydrogens (tertiary/aromatic N) is 3. The summed E-state index contributed by atoms with van der Waals surface area (Å²) in [4.78, 5) is 0. The fourth-order valence-corrected chi connectivity index (χ4v) is 1.26. The van der Waals surface area contributed by atoms with E-state index in [1.165, 1.54) is 0 Å². The average molecular weight is 190 g/mol. The number of hydrazine groups is 1. The lowest BCUT2D eigenvalue weighted by molar-refractivity contribution is 0.602. The zero-order valence-corrected chi connectivity index (χ0v) is 7.38. The average Bonchev–Trinajstić information content (AvgIpc) is 2.74. The van der Waals surface area contributed by atoms with Crippen LogP contribution in [0.3, 0.4) is 0 Å². The highest BCUT2D eigenvalue weighted by molar-refractivity contribution is 5.23. The van der Waals surface area contributed by atoms with Crippen LogP contribution < -0.4 is 11.3 Å². The molecule has 6 nitrogen and oxygen atoms in total. The molecule has 0 spiro atoms. The molecule has 0 bridgehead atoms. The van der Waals surface area contributed by atoms with E-state index in [9.17, 15) is 0 Å². The molecule has 1 heterocycles. The molecule has 2 aromatic rings. The predicted molar refractivity (Wildman–Crippen MR) is 49.8 cm³/mol. The van der Waals surface area contributed by atoms with Gasteiger partial charge in [-0.25, -0.2) is 5.43 Å². The topological polar surface area (TPSA) is 92.5 Å². The number of aromatic nitrogens is 4. The summed E-state index contributed by atoms with van der Waals surface area (Å²) in [6, 6.07) is 9.46. The molecule has 0 saturated carbocycles. The Hall–Kier alpha value is -1.79. The van der Waals surface area contributed by atoms with Crippen LogP contribution in [0.4, 0.5) is 0 Å². The van der Waals surface area contributed by atoms with E-state index in [-0.39, 0.29) is 6.04 Å². The zero-order valence-electron chi connectivity index (χ0n) is 7.38. The molecule has 0 aliphatic heterocycles. The number of rotatable bonds is 3. The summed E-state index contributed by atoms with van der Waals surface area (Å²) in [5, 5.41) is 13.6. The molecule has 0 amide bonds. The van der Waals surface area contributed by atoms with Crippen LogP contribution in [0.15, 0.2) is 30.3 Å². The monoisotopic (exact) mass is 190 g/mol. The number of nitrogens with one attached hydrogen (secondary N) is 2. The van der Waals surface area contributed by atoms with Crippen molar-refractivity contribution in [3.63, 3.8) is 0 Å². The summed E-state index contributed by atoms with van der Waals surface area (Å²) < 4.78 is 0. The highest BCUT2D eigenvalue weighted by Crippen LogP contribution is 2.15. The van der Waals surface area contributed by atoms with Crippen LogP contribution in [0.1, 0.15) is 17.4 Å². The number of hydrogen-bond donors (Lipinski definition) is 3. The number of H-pyrrole nitrogens is 1. The molecular weight excluding hydrogens is 180 g/mol. The van der Waals surface area contributed by atoms with Crippen LogP contribution in [0.25, 0.3) is 0 Å². The second kappa shape index (κ2) is 3.95. The van der Waals surface area contributed by atoms with E-state index in [0.29, 0.717) is 5.82 Å². The lowest BCUT2D eigenvalue weighted by Gasteiger charge is -2.11. The molecule has 2 rings (SSSR count). The Morgan fingerprint density at radius 1 is 1.29 bits per heavy atom. The largest absolute Gasteiger partial charge is 0.270 e. The van der Waals surface area contributed by atoms with E-state index in [1.807, 2.05) is 30.3 Å². The Bertz CT molecular complexity index is 370. The van der Waals surface area contributed by atoms with E-state index < -0.39 is 0 Å². The molecular formula is C8H10N6. The first-order valence-electron chi connectivity index (χ1n) is 4.16. The third kappa shape index (κ3) is 1.61. The lowest BCUT2D eigenvalue weighted by atomic mass is 10.1. The molecule has 1 aromatic carbocycles. The Labute approximate surface area is 80.5 Å². The Balaban J connectivity index is 2.31. The fraction of sp³-hybridized carbons (Fsp3) is 0.125. The van der Waals surface area contributed by atoms with Gasteiger partial charge in [0.2, 0.25) is 0 Å². The second-order valence-electron chi connectivity index (χ2n) is 2.78. The van der Waals surface area contributed by atoms with Crippen LogP contribution in [0.5, 0.6) is 0 Å². The minimum absolute atomic E-state index is 0.227. The van der Waals surface area contributed by atoms with Crippen molar-refractivity contribution in [3.8, 4) is 0 Å². The van der Waals surface area contributed by atoms with E-state index in [2.05, 4.69) is 26.0 Å². The van der Waals surface area contributed by atoms with Gasteiger partial charge in [-0.2, -0.15) is 5.21 Å². The molecule has 72 valence electrons. The van der Waals surface area contributed by atoms with Gasteiger partial charge in [0.15, 0.2) is 5.82 Å². The number of aromatic amines is 1. The lowest BCUT2D eigenvalue weighted by Crippen LogP contribution is -2.29. The van der Waals surface area contributed by atoms with E-state index in [4.69, 9.17) is 5.84 Å². The Kier molecular flexibility index (Phi) is 2.48. The summed E-state index contributed by atoms with van der Waals surface area (Å²) in [6.45, 7) is 0. The molecule has 6 heteroatoms. The van der Waals surface area contributed by atoms with Gasteiger partial charge < -0.3 is 0 Å². The molecule has 0 radical (unpaired) electrons. The Morgan fingerprint density at radius 2 is 2.07 bits per heavy atom. The molecule has 0 unspecified atom stereocenters. The highest BCUT2D eigenvalue weighted by Gasteiger charge is 2.15. The van der Waals surface area contributed by atoms with Crippen molar-refractivity contribution in [2.75, 3.05) is 0 Å². The van der Waals surface area contributed by atoms with Crippen molar-refractivity contribution in [3.05, 3.63) is 41.7 Å². The second-order valence-corrected chi connectivity index (χ2v) is 2.78. The SMILES string of the molecule is NN[C@H](c1ccccc1)c1nn[nH]n1. The van der Waals surface area contributed by atoms with Gasteiger partial charge in [0.25, 0.3) is 0 Å². The summed E-state index contributed by atoms with van der Waals surface area (Å²) in [5.74, 6) is 5.95. The van der Waals surface area contributed by atoms with E-state index in [0.717, 1.165) is 5.56 Å². The number of nitrogens with two attached hydrogens (primary N) is 1. The van der Waals surface area contributed by atoms with Crippen LogP contribution in [0.2, 0.25) is 0 Å². The van der Waals surface area contributed by atoms with Gasteiger partial charge in [-0.15, -0.1) is 10.2 Å². The first-order chi connectivity index (χ1) is 6.92. The molecule has 4 N–H and O–H groups in total. The highest BCUT2D eigenvalue weighted by atomic mass is 15.5. The number of hydrogen-bond acceptors (Lipinski definition) is 5. The number of tetrazole rings is 1. The van der Waals surface area contributed by atoms with Crippen LogP contribution in [-0.4, -0.2) is 20.6 Å². The molecule has 0 fully saturated rings. The number of benzene rings is 1. The van der Waals surface area contributed by atoms with Gasteiger partial charge in [-0.1, -0.05) is 35.5 Å². The molecule has 0 aliphatic rings. The van der Waals surface area contributed by atoms with E-state index in [1.54, 1.807) is 0 Å². The Morgan fingerprint density at radius 3 is 2.64 bits per heavy atom. The molecule has 1 atom stereocenters. The van der Waals surface area contributed by atoms with Crippen molar-refractivity contribution in [1.29, 1.82) is 0 Å². The third-order valence-electron chi connectivity index (χ3n) is 1.92. The minimum atomic E-state index is -0.227. The molecule has 0 aliphatic carbocycles. The van der Waals surface area contributed by atoms with Gasteiger partial charge in [-0.3, -0.25) is 5.84 Å². The van der Waals surface area contributed by atoms with Crippen LogP contribution in [0, 0.1) is 0 Å². The third-order valence-corrected chi connectivity index (χ3v) is 1.92. The van der Waals surface area contributed by atoms with Gasteiger partial charge in [0.1, 0.15) is 6.04 Å². The standard InChI is InChI=1S/C8H10N6/c9-10-7(8-11-13-14-12-8)6-4-2-1-3-5-6/h1-5,7,10H,9H2,(H,11,12,13,14)/t7-/m1/s1. The summed E-state index contributed by atoms with van der Waals surface area (Å²) in [6.07, 6.45) is 0. The molecule has 14 heavy (non-hydrogen) atoms. The first-order valence-corrected chi connectivity index (χ1v) is 4.16. The van der Waals surface area contributed by atoms with E-state index >= 15 is 0 Å². The van der Waals surface area contributed by atoms with Crippen molar-refractivity contribution in [2.24, 2.45) is 5.84 Å². The molecule has 1 aromatic heterocycles. The van der Waals surface area contributed by atoms with Gasteiger partial charge in [-0.05, 0) is 5.56 Å². The summed E-state index contributed by atoms with van der Waals surface area (Å²) >= 11 is 0. The quantitative estimate of drug-likeness (QED) is 0.458. The minimum Gasteiger partial charge on any atom is -0.270 e.